The van der Waals surface area contributed by atoms with Gasteiger partial charge in [0.2, 0.25) is 0 Å². The van der Waals surface area contributed by atoms with E-state index in [1.54, 1.807) is 217 Å². The first kappa shape index (κ1) is 127. The van der Waals surface area contributed by atoms with Crippen molar-refractivity contribution in [2.45, 2.75) is 177 Å². The van der Waals surface area contributed by atoms with Gasteiger partial charge in [0, 0.05) is 110 Å². The Morgan fingerprint density at radius 2 is 0.635 bits per heavy atom. The number of rotatable bonds is 35. The molecule has 0 spiro atoms. The third-order valence-electron chi connectivity index (χ3n) is 18.9. The number of hydrogen-bond acceptors (Lipinski definition) is 32. The molecule has 9 rings (SSSR count). The number of carbonyl (C=O) groups excluding carboxylic acids is 10. The maximum absolute atomic E-state index is 12.8. The van der Waals surface area contributed by atoms with E-state index in [1.165, 1.54) is 24.3 Å². The van der Waals surface area contributed by atoms with Gasteiger partial charge in [-0.2, -0.15) is 0 Å². The van der Waals surface area contributed by atoms with E-state index < -0.39 is 130 Å². The van der Waals surface area contributed by atoms with Crippen molar-refractivity contribution in [2.75, 3.05) is 112 Å². The molecule has 0 saturated carbocycles. The third kappa shape index (κ3) is 46.8. The molecule has 0 bridgehead atoms. The monoisotopic (exact) mass is 2260 g/mol. The molecule has 0 aliphatic heterocycles. The number of esters is 5. The Morgan fingerprint density at radius 3 is 0.912 bits per heavy atom. The second-order valence-electron chi connectivity index (χ2n) is 34.7. The fourth-order valence-electron chi connectivity index (χ4n) is 12.1. The number of nitrogens with two attached hydrogens (primary N) is 2. The summed E-state index contributed by atoms with van der Waals surface area (Å²) in [7, 11) is -12.3. The van der Waals surface area contributed by atoms with Crippen LogP contribution in [0.4, 0.5) is 96.7 Å². The summed E-state index contributed by atoms with van der Waals surface area (Å²) in [5, 5.41) is 20.0. The molecule has 0 fully saturated rings. The molecule has 9 aromatic rings. The van der Waals surface area contributed by atoms with Crippen molar-refractivity contribution in [3.8, 4) is 23.0 Å². The molecule has 2 radical (unpaired) electrons. The van der Waals surface area contributed by atoms with E-state index in [4.69, 9.17) is 77.3 Å². The fourth-order valence-corrected chi connectivity index (χ4v) is 16.5. The zero-order valence-corrected chi connectivity index (χ0v) is 90.7. The summed E-state index contributed by atoms with van der Waals surface area (Å²) in [6.07, 6.45) is -1.42. The van der Waals surface area contributed by atoms with Crippen LogP contribution >= 0.6 is 23.2 Å². The van der Waals surface area contributed by atoms with Gasteiger partial charge in [0.1, 0.15) is 45.4 Å². The van der Waals surface area contributed by atoms with Crippen LogP contribution in [0.15, 0.2) is 200 Å². The van der Waals surface area contributed by atoms with Crippen LogP contribution in [0.5, 0.6) is 23.0 Å². The molecule has 9 N–H and O–H groups in total. The average molecular weight is 2260 g/mol. The molecule has 0 atom stereocenters. The van der Waals surface area contributed by atoms with Gasteiger partial charge in [-0.15, -0.1) is 23.2 Å². The minimum atomic E-state index is -6.15. The van der Waals surface area contributed by atoms with Crippen LogP contribution < -0.4 is 66.4 Å². The molecular formula is C101H123Cl2F6N9O27S2Sn. The first-order valence-corrected chi connectivity index (χ1v) is 51.7. The summed E-state index contributed by atoms with van der Waals surface area (Å²) in [6, 6.07) is 55.6. The minimum absolute atomic E-state index is 0.000889. The number of carbonyl (C=O) groups is 10. The number of anilines is 9. The second kappa shape index (κ2) is 60.2. The van der Waals surface area contributed by atoms with E-state index in [0.29, 0.717) is 98.5 Å². The van der Waals surface area contributed by atoms with Crippen molar-refractivity contribution in [1.29, 1.82) is 0 Å². The number of amides is 4. The Bertz CT molecular complexity index is 6010. The van der Waals surface area contributed by atoms with Gasteiger partial charge in [-0.25, -0.2) is 43.2 Å². The van der Waals surface area contributed by atoms with Gasteiger partial charge in [-0.05, 0) is 330 Å². The summed E-state index contributed by atoms with van der Waals surface area (Å²) < 4.78 is 169. The van der Waals surface area contributed by atoms with Crippen molar-refractivity contribution in [2.24, 2.45) is 0 Å². The third-order valence-corrected chi connectivity index (χ3v) is 25.5. The van der Waals surface area contributed by atoms with Gasteiger partial charge in [0.05, 0.1) is 46.4 Å². The van der Waals surface area contributed by atoms with Crippen molar-refractivity contribution >= 4 is 177 Å². The van der Waals surface area contributed by atoms with E-state index >= 15 is 0 Å². The Labute approximate surface area is 877 Å². The Morgan fingerprint density at radius 1 is 0.372 bits per heavy atom. The molecule has 0 saturated heterocycles. The summed E-state index contributed by atoms with van der Waals surface area (Å²) >= 11 is 5.66. The van der Waals surface area contributed by atoms with Crippen LogP contribution in [0.1, 0.15) is 193 Å². The van der Waals surface area contributed by atoms with Crippen molar-refractivity contribution in [3.63, 3.8) is 0 Å². The predicted octanol–water partition coefficient (Wildman–Crippen LogP) is 21.0. The molecule has 0 unspecified atom stereocenters. The van der Waals surface area contributed by atoms with Crippen molar-refractivity contribution < 1.29 is 149 Å². The number of aliphatic hydroxyl groups is 1. The number of nitrogens with zero attached hydrogens (tertiary/aromatic N) is 3. The average Bonchev–Trinajstić information content (AvgIpc) is 0.805. The maximum atomic E-state index is 12.8. The zero-order chi connectivity index (χ0) is 111. The van der Waals surface area contributed by atoms with Gasteiger partial charge in [0.25, 0.3) is 6.47 Å². The molecule has 9 aromatic carbocycles. The van der Waals surface area contributed by atoms with Gasteiger partial charge >= 0.3 is 156 Å². The van der Waals surface area contributed by atoms with Crippen LogP contribution in [0.3, 0.4) is 0 Å². The van der Waals surface area contributed by atoms with E-state index in [2.05, 4.69) is 87.3 Å². The van der Waals surface area contributed by atoms with Crippen LogP contribution in [0.2, 0.25) is 0 Å². The van der Waals surface area contributed by atoms with Crippen LogP contribution in [0.25, 0.3) is 0 Å². The molecule has 148 heavy (non-hydrogen) atoms. The SMILES string of the molecule is CC(C)(C)OC(=O)Nc1ccc(CCO)c(NC(=O)OC(C)(C)C)c1.CCN(CC)c1ccc(C(=O)Oc2ccc(C(=O)OCCc3ccc(N)cc3N)cc2)cc1.CCN(CC)c1ccc(C(=O)Oc2ccc(C(=O)OCCc3ccc(NC(=O)OC(C)(C)C)cc3NC(=O)OC(C)(C)C)cc2)cc1.CCN(CC)c1ccc(C(=O)Oc2ccc(OC=O)cc2)cc1.ClCCl.O=S(=O)([O][Sn][O]S(=O)(=O)C(F)(F)F)C(F)(F)F. The Hall–Kier alpha value is -13.4. The molecule has 0 heterocycles. The predicted molar refractivity (Wildman–Crippen MR) is 552 cm³/mol. The van der Waals surface area contributed by atoms with E-state index in [0.717, 1.165) is 67.5 Å². The summed E-state index contributed by atoms with van der Waals surface area (Å²) in [6.45, 7) is 39.4. The normalized spacial score (nSPS) is 11.3. The quantitative estimate of drug-likeness (QED) is 0.00223. The molecule has 47 heteroatoms. The number of ether oxygens (including phenoxy) is 10. The molecule has 36 nitrogen and oxygen atoms in total. The Kier molecular flexibility index (Phi) is 51.6. The number of aliphatic hydroxyl groups excluding tert-OH is 1. The number of halogens is 8. The topological polar surface area (TPSA) is 480 Å². The van der Waals surface area contributed by atoms with E-state index in [1.807, 2.05) is 42.5 Å². The standard InChI is InChI=1S/C36H45N3O8.C26H29N3O4.C18H28N2O5.C18H19NO4.CH2Cl2.2CHF3O3S.Sn/c1-9-39(10-2)28-17-12-26(13-18-28)32(41)45-29-19-14-25(15-20-29)31(40)44-22-21-24-11-16-27(37-33(42)46-35(3,4)5)23-30(24)38-34(43)47-36(6,7)8;1-3-29(4-2)22-11-6-20(7-12-22)26(31)33-23-13-8-19(9-14-23)25(30)32-16-15-18-5-10-21(27)17-24(18)28;1-17(2,3)24-15(22)19-13-8-7-12(9-10-21)14(11-13)20-16(23)25-18(4,5)6;1-3-19(4-2)15-7-5-14(6-8-15)18(21)23-17-11-9-16(10-12-17)22-13-20;2-1-3;2*2-1(3,4)8(5,6)7;/h11-20,23H,9-10,21-22H2,1-8H3,(H,37,42)(H,38,43);5-14,17H,3-4,15-16,27-28H2,1-2H3;7-8,11,21H,9-10H2,1-6H3,(H,19,22)(H,20,23);5-13H,3-4H2,1-2H3;1H2;2*(H,5,6,7);/q;;;;;;;+2/p-2. The first-order chi connectivity index (χ1) is 69.2. The van der Waals surface area contributed by atoms with Crippen molar-refractivity contribution in [1.82, 2.24) is 0 Å². The van der Waals surface area contributed by atoms with E-state index in [9.17, 15) is 96.2 Å². The number of nitrogens with one attached hydrogen (secondary N) is 4. The fraction of sp³-hybridized carbons (Fsp3) is 0.366. The van der Waals surface area contributed by atoms with E-state index in [-0.39, 0.29) is 42.9 Å². The number of hydrogen-bond donors (Lipinski definition) is 7. The summed E-state index contributed by atoms with van der Waals surface area (Å²) in [4.78, 5) is 128. The molecule has 806 valence electrons. The van der Waals surface area contributed by atoms with Crippen molar-refractivity contribution in [3.05, 3.63) is 245 Å². The number of nitrogen functional groups attached to an aromatic ring is 2. The molecule has 0 aromatic heterocycles. The van der Waals surface area contributed by atoms with Crippen LogP contribution in [0, 0.1) is 0 Å². The second-order valence-corrected chi connectivity index (χ2v) is 41.9. The first-order valence-electron chi connectivity index (χ1n) is 45.5. The molecular weight excluding hydrogens is 2140 g/mol. The van der Waals surface area contributed by atoms with Gasteiger partial charge < -0.3 is 78.6 Å². The number of alkyl halides is 8. The van der Waals surface area contributed by atoms with Gasteiger partial charge in [-0.1, -0.05) is 18.2 Å². The zero-order valence-electron chi connectivity index (χ0n) is 84.7. The molecule has 0 aliphatic carbocycles. The number of benzene rings is 9. The van der Waals surface area contributed by atoms with Crippen LogP contribution in [-0.2, 0) is 77.8 Å². The van der Waals surface area contributed by atoms with Crippen LogP contribution in [-0.4, -0.2) is 202 Å². The molecule has 0 aliphatic rings. The summed E-state index contributed by atoms with van der Waals surface area (Å²) in [5.74, 6) is -1.01. The van der Waals surface area contributed by atoms with Gasteiger partial charge in [0.15, 0.2) is 0 Å². The molecule has 4 amide bonds. The Balaban J connectivity index is 0.000000399. The summed E-state index contributed by atoms with van der Waals surface area (Å²) in [5.41, 5.74) is 7.44. The van der Waals surface area contributed by atoms with Gasteiger partial charge in [-0.3, -0.25) is 26.1 Å².